The molecule has 1 aliphatic heterocycles. The highest BCUT2D eigenvalue weighted by Crippen LogP contribution is 2.18. The summed E-state index contributed by atoms with van der Waals surface area (Å²) in [6.45, 7) is 8.71. The Kier molecular flexibility index (Phi) is 7.82. The summed E-state index contributed by atoms with van der Waals surface area (Å²) in [5, 5.41) is 9.05. The van der Waals surface area contributed by atoms with Gasteiger partial charge < -0.3 is 9.84 Å². The van der Waals surface area contributed by atoms with Gasteiger partial charge in [0.2, 0.25) is 0 Å². The molecule has 1 N–H and O–H groups in total. The van der Waals surface area contributed by atoms with Crippen molar-refractivity contribution in [3.8, 4) is 0 Å². The number of hydrogen-bond acceptors (Lipinski definition) is 3. The molecular formula is C14H29NO2. The van der Waals surface area contributed by atoms with Gasteiger partial charge in [0.05, 0.1) is 6.61 Å². The Morgan fingerprint density at radius 3 is 2.82 bits per heavy atom. The van der Waals surface area contributed by atoms with Gasteiger partial charge in [-0.3, -0.25) is 4.90 Å². The zero-order valence-corrected chi connectivity index (χ0v) is 11.5. The van der Waals surface area contributed by atoms with Crippen LogP contribution < -0.4 is 0 Å². The van der Waals surface area contributed by atoms with E-state index in [0.717, 1.165) is 38.5 Å². The fourth-order valence-electron chi connectivity index (χ4n) is 2.43. The van der Waals surface area contributed by atoms with Gasteiger partial charge in [-0.25, -0.2) is 0 Å². The molecule has 0 saturated carbocycles. The molecule has 0 bridgehead atoms. The van der Waals surface area contributed by atoms with Crippen molar-refractivity contribution >= 4 is 0 Å². The first-order valence-electron chi connectivity index (χ1n) is 7.16. The summed E-state index contributed by atoms with van der Waals surface area (Å²) in [5.41, 5.74) is 0. The number of nitrogens with zero attached hydrogens (tertiary/aromatic N) is 1. The van der Waals surface area contributed by atoms with Crippen molar-refractivity contribution in [3.63, 3.8) is 0 Å². The molecule has 0 aromatic carbocycles. The number of hydrogen-bond donors (Lipinski definition) is 1. The number of aliphatic hydroxyl groups is 1. The molecule has 1 atom stereocenters. The molecule has 102 valence electrons. The molecule has 17 heavy (non-hydrogen) atoms. The fraction of sp³-hybridized carbons (Fsp3) is 1.00. The van der Waals surface area contributed by atoms with E-state index in [0.29, 0.717) is 12.6 Å². The van der Waals surface area contributed by atoms with Gasteiger partial charge in [0.1, 0.15) is 0 Å². The molecule has 0 spiro atoms. The lowest BCUT2D eigenvalue weighted by Gasteiger charge is -2.35. The summed E-state index contributed by atoms with van der Waals surface area (Å²) in [7, 11) is 0. The van der Waals surface area contributed by atoms with Crippen molar-refractivity contribution < 1.29 is 9.84 Å². The summed E-state index contributed by atoms with van der Waals surface area (Å²) >= 11 is 0. The minimum Gasteiger partial charge on any atom is -0.396 e. The second-order valence-corrected chi connectivity index (χ2v) is 5.49. The standard InChI is InChI=1S/C14H29NO2/c1-13(2)7-11-17-12-9-15-8-4-3-5-14(15)6-10-16/h13-14,16H,3-12H2,1-2H3. The van der Waals surface area contributed by atoms with Crippen LogP contribution in [-0.4, -0.2) is 49.0 Å². The highest BCUT2D eigenvalue weighted by Gasteiger charge is 2.21. The molecule has 1 saturated heterocycles. The molecule has 1 rings (SSSR count). The van der Waals surface area contributed by atoms with Crippen molar-refractivity contribution in [2.45, 2.75) is 52.0 Å². The monoisotopic (exact) mass is 243 g/mol. The van der Waals surface area contributed by atoms with Crippen LogP contribution >= 0.6 is 0 Å². The molecule has 0 aromatic rings. The zero-order valence-electron chi connectivity index (χ0n) is 11.5. The summed E-state index contributed by atoms with van der Waals surface area (Å²) in [6.07, 6.45) is 5.93. The molecule has 1 heterocycles. The molecule has 1 unspecified atom stereocenters. The van der Waals surface area contributed by atoms with Crippen LogP contribution in [0.1, 0.15) is 46.0 Å². The van der Waals surface area contributed by atoms with Crippen molar-refractivity contribution in [1.82, 2.24) is 4.90 Å². The van der Waals surface area contributed by atoms with Gasteiger partial charge in [0.15, 0.2) is 0 Å². The van der Waals surface area contributed by atoms with E-state index in [9.17, 15) is 0 Å². The Hall–Kier alpha value is -0.120. The molecule has 3 heteroatoms. The number of ether oxygens (including phenoxy) is 1. The topological polar surface area (TPSA) is 32.7 Å². The van der Waals surface area contributed by atoms with Crippen molar-refractivity contribution in [2.24, 2.45) is 5.92 Å². The fourth-order valence-corrected chi connectivity index (χ4v) is 2.43. The van der Waals surface area contributed by atoms with E-state index in [-0.39, 0.29) is 0 Å². The molecule has 0 aliphatic carbocycles. The molecule has 0 radical (unpaired) electrons. The van der Waals surface area contributed by atoms with E-state index < -0.39 is 0 Å². The largest absolute Gasteiger partial charge is 0.396 e. The van der Waals surface area contributed by atoms with Gasteiger partial charge in [0.25, 0.3) is 0 Å². The van der Waals surface area contributed by atoms with Gasteiger partial charge in [-0.1, -0.05) is 20.3 Å². The second-order valence-electron chi connectivity index (χ2n) is 5.49. The van der Waals surface area contributed by atoms with Crippen LogP contribution in [0.25, 0.3) is 0 Å². The van der Waals surface area contributed by atoms with Crippen LogP contribution in [0.4, 0.5) is 0 Å². The first-order chi connectivity index (χ1) is 8.24. The van der Waals surface area contributed by atoms with Gasteiger partial charge >= 0.3 is 0 Å². The first kappa shape index (κ1) is 14.9. The Balaban J connectivity index is 2.10. The summed E-state index contributed by atoms with van der Waals surface area (Å²) in [5.74, 6) is 0.729. The first-order valence-corrected chi connectivity index (χ1v) is 7.16. The molecule has 3 nitrogen and oxygen atoms in total. The molecule has 0 amide bonds. The Morgan fingerprint density at radius 2 is 2.12 bits per heavy atom. The summed E-state index contributed by atoms with van der Waals surface area (Å²) < 4.78 is 5.67. The minimum absolute atomic E-state index is 0.315. The normalized spacial score (nSPS) is 22.2. The molecule has 1 fully saturated rings. The lowest BCUT2D eigenvalue weighted by molar-refractivity contribution is 0.0590. The summed E-state index contributed by atoms with van der Waals surface area (Å²) in [6, 6.07) is 0.586. The number of rotatable bonds is 8. The van der Waals surface area contributed by atoms with E-state index in [2.05, 4.69) is 18.7 Å². The predicted octanol–water partition coefficient (Wildman–Crippen LogP) is 2.29. The van der Waals surface area contributed by atoms with Crippen molar-refractivity contribution in [2.75, 3.05) is 32.9 Å². The average Bonchev–Trinajstić information content (AvgIpc) is 2.31. The number of aliphatic hydroxyl groups excluding tert-OH is 1. The Bertz CT molecular complexity index is 183. The predicted molar refractivity (Wildman–Crippen MR) is 71.2 cm³/mol. The minimum atomic E-state index is 0.315. The van der Waals surface area contributed by atoms with Gasteiger partial charge in [-0.05, 0) is 38.1 Å². The second kappa shape index (κ2) is 8.90. The smallest absolute Gasteiger partial charge is 0.0593 e. The van der Waals surface area contributed by atoms with E-state index in [1.165, 1.54) is 25.8 Å². The zero-order chi connectivity index (χ0) is 12.5. The lowest BCUT2D eigenvalue weighted by Crippen LogP contribution is -2.41. The van der Waals surface area contributed by atoms with Gasteiger partial charge in [-0.2, -0.15) is 0 Å². The van der Waals surface area contributed by atoms with Crippen LogP contribution in [0.15, 0.2) is 0 Å². The Morgan fingerprint density at radius 1 is 1.29 bits per heavy atom. The third-order valence-corrected chi connectivity index (χ3v) is 3.57. The maximum atomic E-state index is 9.05. The maximum absolute atomic E-state index is 9.05. The van der Waals surface area contributed by atoms with E-state index >= 15 is 0 Å². The highest BCUT2D eigenvalue weighted by molar-refractivity contribution is 4.76. The SMILES string of the molecule is CC(C)CCOCCN1CCCCC1CCO. The lowest BCUT2D eigenvalue weighted by atomic mass is 10.00. The van der Waals surface area contributed by atoms with Gasteiger partial charge in [0, 0.05) is 25.8 Å². The average molecular weight is 243 g/mol. The van der Waals surface area contributed by atoms with Crippen molar-refractivity contribution in [3.05, 3.63) is 0 Å². The van der Waals surface area contributed by atoms with Crippen LogP contribution in [-0.2, 0) is 4.74 Å². The quantitative estimate of drug-likeness (QED) is 0.664. The van der Waals surface area contributed by atoms with E-state index in [1.54, 1.807) is 0 Å². The van der Waals surface area contributed by atoms with Crippen LogP contribution in [0.5, 0.6) is 0 Å². The third-order valence-electron chi connectivity index (χ3n) is 3.57. The third kappa shape index (κ3) is 6.39. The van der Waals surface area contributed by atoms with E-state index in [4.69, 9.17) is 9.84 Å². The number of piperidine rings is 1. The van der Waals surface area contributed by atoms with E-state index in [1.807, 2.05) is 0 Å². The molecule has 1 aliphatic rings. The van der Waals surface area contributed by atoms with Crippen LogP contribution in [0, 0.1) is 5.92 Å². The summed E-state index contributed by atoms with van der Waals surface area (Å²) in [4.78, 5) is 2.50. The highest BCUT2D eigenvalue weighted by atomic mass is 16.5. The molecular weight excluding hydrogens is 214 g/mol. The number of likely N-dealkylation sites (tertiary alicyclic amines) is 1. The maximum Gasteiger partial charge on any atom is 0.0593 e. The Labute approximate surface area is 106 Å². The van der Waals surface area contributed by atoms with Crippen LogP contribution in [0.2, 0.25) is 0 Å². The van der Waals surface area contributed by atoms with Gasteiger partial charge in [-0.15, -0.1) is 0 Å². The molecule has 0 aromatic heterocycles. The van der Waals surface area contributed by atoms with Crippen molar-refractivity contribution in [1.29, 1.82) is 0 Å². The van der Waals surface area contributed by atoms with Crippen LogP contribution in [0.3, 0.4) is 0 Å².